The van der Waals surface area contributed by atoms with Crippen LogP contribution >= 0.6 is 0 Å². The highest BCUT2D eigenvalue weighted by atomic mass is 16.5. The predicted molar refractivity (Wildman–Crippen MR) is 39.5 cm³/mol. The van der Waals surface area contributed by atoms with Crippen LogP contribution in [-0.4, -0.2) is 26.3 Å². The Hall–Kier alpha value is -0.340. The van der Waals surface area contributed by atoms with Gasteiger partial charge in [-0.3, -0.25) is 0 Å². The Morgan fingerprint density at radius 3 is 2.89 bits per heavy atom. The molecule has 0 amide bonds. The second-order valence-corrected chi connectivity index (χ2v) is 1.99. The van der Waals surface area contributed by atoms with Crippen molar-refractivity contribution in [1.29, 1.82) is 0 Å². The van der Waals surface area contributed by atoms with Gasteiger partial charge in [0.1, 0.15) is 0 Å². The molecule has 0 aromatic heterocycles. The van der Waals surface area contributed by atoms with E-state index in [-0.39, 0.29) is 6.10 Å². The molecule has 0 aliphatic carbocycles. The Morgan fingerprint density at radius 1 is 1.78 bits per heavy atom. The summed E-state index contributed by atoms with van der Waals surface area (Å²) < 4.78 is 5.25. The van der Waals surface area contributed by atoms with E-state index in [1.54, 1.807) is 6.08 Å². The molecule has 0 rings (SSSR count). The van der Waals surface area contributed by atoms with Gasteiger partial charge in [0, 0.05) is 6.54 Å². The number of rotatable bonds is 5. The lowest BCUT2D eigenvalue weighted by Crippen LogP contribution is -2.23. The topological polar surface area (TPSA) is 21.3 Å². The molecule has 1 N–H and O–H groups in total. The van der Waals surface area contributed by atoms with Crippen LogP contribution in [0.25, 0.3) is 0 Å². The lowest BCUT2D eigenvalue weighted by atomic mass is 10.4. The summed E-state index contributed by atoms with van der Waals surface area (Å²) in [6, 6.07) is 0. The zero-order valence-corrected chi connectivity index (χ0v) is 6.18. The van der Waals surface area contributed by atoms with Gasteiger partial charge in [0.15, 0.2) is 0 Å². The molecule has 2 nitrogen and oxygen atoms in total. The van der Waals surface area contributed by atoms with Crippen molar-refractivity contribution in [2.24, 2.45) is 0 Å². The van der Waals surface area contributed by atoms with Crippen molar-refractivity contribution in [3.8, 4) is 0 Å². The van der Waals surface area contributed by atoms with E-state index in [0.29, 0.717) is 6.61 Å². The van der Waals surface area contributed by atoms with E-state index in [1.165, 1.54) is 0 Å². The second kappa shape index (κ2) is 5.79. The number of likely N-dealkylation sites (N-methyl/N-ethyl adjacent to an activating group) is 1. The summed E-state index contributed by atoms with van der Waals surface area (Å²) in [5.41, 5.74) is 0. The van der Waals surface area contributed by atoms with Gasteiger partial charge in [-0.25, -0.2) is 0 Å². The number of hydrogen-bond donors (Lipinski definition) is 1. The molecule has 0 bridgehead atoms. The van der Waals surface area contributed by atoms with Crippen molar-refractivity contribution in [3.05, 3.63) is 12.7 Å². The minimum atomic E-state index is 0.285. The van der Waals surface area contributed by atoms with Crippen molar-refractivity contribution < 1.29 is 4.74 Å². The summed E-state index contributed by atoms with van der Waals surface area (Å²) >= 11 is 0. The molecule has 0 aliphatic rings. The Labute approximate surface area is 56.9 Å². The maximum atomic E-state index is 5.25. The van der Waals surface area contributed by atoms with Crippen LogP contribution < -0.4 is 5.32 Å². The van der Waals surface area contributed by atoms with Gasteiger partial charge in [0.25, 0.3) is 0 Å². The molecule has 0 fully saturated rings. The fourth-order valence-electron chi connectivity index (χ4n) is 0.579. The van der Waals surface area contributed by atoms with Gasteiger partial charge < -0.3 is 10.1 Å². The molecular weight excluding hydrogens is 114 g/mol. The summed E-state index contributed by atoms with van der Waals surface area (Å²) in [7, 11) is 1.91. The van der Waals surface area contributed by atoms with Gasteiger partial charge in [-0.05, 0) is 14.0 Å². The highest BCUT2D eigenvalue weighted by molar-refractivity contribution is 4.65. The standard InChI is InChI=1S/C7H15NO/c1-4-5-9-7(2)6-8-3/h4,7-8H,1,5-6H2,2-3H3. The lowest BCUT2D eigenvalue weighted by molar-refractivity contribution is 0.0896. The Kier molecular flexibility index (Phi) is 5.57. The van der Waals surface area contributed by atoms with E-state index < -0.39 is 0 Å². The van der Waals surface area contributed by atoms with E-state index in [2.05, 4.69) is 11.9 Å². The van der Waals surface area contributed by atoms with E-state index in [4.69, 9.17) is 4.74 Å². The summed E-state index contributed by atoms with van der Waals surface area (Å²) in [6.07, 6.45) is 2.04. The number of hydrogen-bond acceptors (Lipinski definition) is 2. The molecule has 0 heterocycles. The minimum absolute atomic E-state index is 0.285. The third-order valence-corrected chi connectivity index (χ3v) is 0.990. The molecule has 1 atom stereocenters. The summed E-state index contributed by atoms with van der Waals surface area (Å²) in [4.78, 5) is 0. The van der Waals surface area contributed by atoms with Crippen LogP contribution in [-0.2, 0) is 4.74 Å². The molecule has 54 valence electrons. The first kappa shape index (κ1) is 8.66. The smallest absolute Gasteiger partial charge is 0.0675 e. The monoisotopic (exact) mass is 129 g/mol. The zero-order chi connectivity index (χ0) is 7.11. The number of nitrogens with one attached hydrogen (secondary N) is 1. The van der Waals surface area contributed by atoms with E-state index in [0.717, 1.165) is 6.54 Å². The molecule has 0 saturated carbocycles. The highest BCUT2D eigenvalue weighted by Crippen LogP contribution is 1.86. The SMILES string of the molecule is C=CCOC(C)CNC. The molecule has 9 heavy (non-hydrogen) atoms. The van der Waals surface area contributed by atoms with Crippen LogP contribution in [0.5, 0.6) is 0 Å². The van der Waals surface area contributed by atoms with Crippen molar-refractivity contribution in [2.45, 2.75) is 13.0 Å². The lowest BCUT2D eigenvalue weighted by Gasteiger charge is -2.09. The average Bonchev–Trinajstić information content (AvgIpc) is 1.85. The van der Waals surface area contributed by atoms with Crippen LogP contribution in [0.3, 0.4) is 0 Å². The molecule has 0 radical (unpaired) electrons. The normalized spacial score (nSPS) is 13.1. The zero-order valence-electron chi connectivity index (χ0n) is 6.18. The van der Waals surface area contributed by atoms with Crippen LogP contribution in [0.2, 0.25) is 0 Å². The Balaban J connectivity index is 3.04. The third-order valence-electron chi connectivity index (χ3n) is 0.990. The molecule has 0 aromatic rings. The molecule has 0 spiro atoms. The molecule has 0 aromatic carbocycles. The van der Waals surface area contributed by atoms with Gasteiger partial charge in [0.2, 0.25) is 0 Å². The molecule has 2 heteroatoms. The summed E-state index contributed by atoms with van der Waals surface area (Å²) in [5.74, 6) is 0. The predicted octanol–water partition coefficient (Wildman–Crippen LogP) is 0.797. The first-order valence-electron chi connectivity index (χ1n) is 3.18. The summed E-state index contributed by atoms with van der Waals surface area (Å²) in [5, 5.41) is 3.02. The highest BCUT2D eigenvalue weighted by Gasteiger charge is 1.95. The van der Waals surface area contributed by atoms with E-state index >= 15 is 0 Å². The molecule has 0 aliphatic heterocycles. The van der Waals surface area contributed by atoms with E-state index in [9.17, 15) is 0 Å². The first-order valence-corrected chi connectivity index (χ1v) is 3.18. The molecule has 0 saturated heterocycles. The van der Waals surface area contributed by atoms with Crippen LogP contribution in [0.1, 0.15) is 6.92 Å². The van der Waals surface area contributed by atoms with Gasteiger partial charge in [-0.15, -0.1) is 6.58 Å². The number of ether oxygens (including phenoxy) is 1. The van der Waals surface area contributed by atoms with Gasteiger partial charge in [-0.1, -0.05) is 6.08 Å². The van der Waals surface area contributed by atoms with Crippen LogP contribution in [0, 0.1) is 0 Å². The van der Waals surface area contributed by atoms with Gasteiger partial charge in [0.05, 0.1) is 12.7 Å². The van der Waals surface area contributed by atoms with Gasteiger partial charge in [-0.2, -0.15) is 0 Å². The molecular formula is C7H15NO. The third kappa shape index (κ3) is 5.53. The minimum Gasteiger partial charge on any atom is -0.373 e. The fraction of sp³-hybridized carbons (Fsp3) is 0.714. The maximum Gasteiger partial charge on any atom is 0.0675 e. The second-order valence-electron chi connectivity index (χ2n) is 1.99. The quantitative estimate of drug-likeness (QED) is 0.554. The van der Waals surface area contributed by atoms with Gasteiger partial charge >= 0.3 is 0 Å². The van der Waals surface area contributed by atoms with E-state index in [1.807, 2.05) is 14.0 Å². The van der Waals surface area contributed by atoms with Crippen molar-refractivity contribution in [1.82, 2.24) is 5.32 Å². The fourth-order valence-corrected chi connectivity index (χ4v) is 0.579. The first-order chi connectivity index (χ1) is 4.31. The Bertz CT molecular complexity index is 73.3. The maximum absolute atomic E-state index is 5.25. The average molecular weight is 129 g/mol. The summed E-state index contributed by atoms with van der Waals surface area (Å²) in [6.45, 7) is 7.11. The van der Waals surface area contributed by atoms with Crippen molar-refractivity contribution in [3.63, 3.8) is 0 Å². The van der Waals surface area contributed by atoms with Crippen molar-refractivity contribution in [2.75, 3.05) is 20.2 Å². The van der Waals surface area contributed by atoms with Crippen LogP contribution in [0.4, 0.5) is 0 Å². The van der Waals surface area contributed by atoms with Crippen molar-refractivity contribution >= 4 is 0 Å². The Morgan fingerprint density at radius 2 is 2.44 bits per heavy atom. The molecule has 1 unspecified atom stereocenters. The van der Waals surface area contributed by atoms with Crippen LogP contribution in [0.15, 0.2) is 12.7 Å². The largest absolute Gasteiger partial charge is 0.373 e.